The summed E-state index contributed by atoms with van der Waals surface area (Å²) in [7, 11) is 3.99. The lowest BCUT2D eigenvalue weighted by Gasteiger charge is -2.33. The van der Waals surface area contributed by atoms with Gasteiger partial charge in [0.15, 0.2) is 0 Å². The number of hydrogen-bond acceptors (Lipinski definition) is 3. The van der Waals surface area contributed by atoms with Crippen molar-refractivity contribution in [2.45, 2.75) is 51.7 Å². The second-order valence-corrected chi connectivity index (χ2v) is 6.55. The summed E-state index contributed by atoms with van der Waals surface area (Å²) in [5.74, 6) is 0. The van der Waals surface area contributed by atoms with Crippen LogP contribution in [0.25, 0.3) is 0 Å². The number of nitrogens with one attached hydrogen (secondary N) is 1. The molecule has 16 heavy (non-hydrogen) atoms. The summed E-state index contributed by atoms with van der Waals surface area (Å²) in [5.41, 5.74) is -0.254. The van der Waals surface area contributed by atoms with E-state index in [-0.39, 0.29) is 0 Å². The van der Waals surface area contributed by atoms with Crippen molar-refractivity contribution in [2.75, 3.05) is 27.2 Å². The summed E-state index contributed by atoms with van der Waals surface area (Å²) in [4.78, 5) is 2.03. The minimum absolute atomic E-state index is 0.383. The van der Waals surface area contributed by atoms with Crippen molar-refractivity contribution in [1.29, 1.82) is 0 Å². The van der Waals surface area contributed by atoms with Crippen LogP contribution in [-0.2, 0) is 0 Å². The average Bonchev–Trinajstić information content (AvgIpc) is 2.39. The number of rotatable bonds is 5. The number of hydrogen-bond donors (Lipinski definition) is 2. The van der Waals surface area contributed by atoms with E-state index < -0.39 is 5.60 Å². The predicted molar refractivity (Wildman–Crippen MR) is 68.6 cm³/mol. The molecule has 0 amide bonds. The molecular weight excluding hydrogens is 200 g/mol. The smallest absolute Gasteiger partial charge is 0.0869 e. The van der Waals surface area contributed by atoms with Gasteiger partial charge in [0.05, 0.1) is 5.60 Å². The van der Waals surface area contributed by atoms with Crippen molar-refractivity contribution >= 4 is 0 Å². The number of nitrogens with zero attached hydrogens (tertiary/aromatic N) is 1. The van der Waals surface area contributed by atoms with Gasteiger partial charge in [-0.3, -0.25) is 0 Å². The van der Waals surface area contributed by atoms with Gasteiger partial charge in [0.25, 0.3) is 0 Å². The minimum atomic E-state index is -0.637. The monoisotopic (exact) mass is 228 g/mol. The largest absolute Gasteiger partial charge is 0.388 e. The lowest BCUT2D eigenvalue weighted by atomic mass is 9.87. The molecule has 0 spiro atoms. The van der Waals surface area contributed by atoms with Gasteiger partial charge in [-0.2, -0.15) is 0 Å². The SMILES string of the molecule is CN(C)CC(C)(O)CNC1CCCC1(C)C. The van der Waals surface area contributed by atoms with Gasteiger partial charge in [-0.05, 0) is 39.3 Å². The molecule has 3 heteroatoms. The molecule has 0 aliphatic heterocycles. The molecular formula is C13H28N2O. The molecule has 0 aromatic heterocycles. The molecule has 0 heterocycles. The Labute approximate surface area is 100 Å². The average molecular weight is 228 g/mol. The van der Waals surface area contributed by atoms with Crippen molar-refractivity contribution in [3.05, 3.63) is 0 Å². The molecule has 0 radical (unpaired) electrons. The first-order valence-electron chi connectivity index (χ1n) is 6.33. The van der Waals surface area contributed by atoms with Gasteiger partial charge in [-0.1, -0.05) is 20.3 Å². The fourth-order valence-corrected chi connectivity index (χ4v) is 2.79. The van der Waals surface area contributed by atoms with Crippen molar-refractivity contribution in [3.63, 3.8) is 0 Å². The normalized spacial score (nSPS) is 28.3. The summed E-state index contributed by atoms with van der Waals surface area (Å²) >= 11 is 0. The van der Waals surface area contributed by atoms with Crippen LogP contribution in [0.5, 0.6) is 0 Å². The Morgan fingerprint density at radius 3 is 2.50 bits per heavy atom. The van der Waals surface area contributed by atoms with Gasteiger partial charge in [-0.15, -0.1) is 0 Å². The summed E-state index contributed by atoms with van der Waals surface area (Å²) < 4.78 is 0. The van der Waals surface area contributed by atoms with Crippen LogP contribution in [0.2, 0.25) is 0 Å². The Morgan fingerprint density at radius 1 is 1.44 bits per heavy atom. The summed E-state index contributed by atoms with van der Waals surface area (Å²) in [6, 6.07) is 0.557. The first-order valence-corrected chi connectivity index (χ1v) is 6.33. The first kappa shape index (κ1) is 13.9. The standard InChI is InChI=1S/C13H28N2O/c1-12(2)8-6-7-11(12)14-9-13(3,16)10-15(4)5/h11,14,16H,6-10H2,1-5H3. The van der Waals surface area contributed by atoms with Crippen LogP contribution in [-0.4, -0.2) is 48.8 Å². The second kappa shape index (κ2) is 5.03. The molecule has 0 saturated heterocycles. The van der Waals surface area contributed by atoms with Crippen molar-refractivity contribution in [3.8, 4) is 0 Å². The molecule has 2 N–H and O–H groups in total. The van der Waals surface area contributed by atoms with E-state index in [9.17, 15) is 5.11 Å². The Kier molecular flexibility index (Phi) is 4.38. The fourth-order valence-electron chi connectivity index (χ4n) is 2.79. The van der Waals surface area contributed by atoms with E-state index in [1.165, 1.54) is 19.3 Å². The second-order valence-electron chi connectivity index (χ2n) is 6.55. The molecule has 0 aromatic carbocycles. The van der Waals surface area contributed by atoms with E-state index in [4.69, 9.17) is 0 Å². The molecule has 1 rings (SSSR count). The zero-order valence-electron chi connectivity index (χ0n) is 11.5. The van der Waals surface area contributed by atoms with Gasteiger partial charge >= 0.3 is 0 Å². The highest BCUT2D eigenvalue weighted by atomic mass is 16.3. The van der Waals surface area contributed by atoms with E-state index in [1.807, 2.05) is 25.9 Å². The highest BCUT2D eigenvalue weighted by Crippen LogP contribution is 2.37. The minimum Gasteiger partial charge on any atom is -0.388 e. The molecule has 1 saturated carbocycles. The fraction of sp³-hybridized carbons (Fsp3) is 1.00. The molecule has 0 bridgehead atoms. The van der Waals surface area contributed by atoms with E-state index in [2.05, 4.69) is 19.2 Å². The topological polar surface area (TPSA) is 35.5 Å². The summed E-state index contributed by atoms with van der Waals surface area (Å²) in [5, 5.41) is 13.8. The van der Waals surface area contributed by atoms with Crippen LogP contribution in [0.4, 0.5) is 0 Å². The van der Waals surface area contributed by atoms with E-state index in [1.54, 1.807) is 0 Å². The molecule has 2 atom stereocenters. The van der Waals surface area contributed by atoms with Crippen LogP contribution in [0.3, 0.4) is 0 Å². The van der Waals surface area contributed by atoms with Gasteiger partial charge in [0, 0.05) is 19.1 Å². The van der Waals surface area contributed by atoms with Crippen molar-refractivity contribution in [1.82, 2.24) is 10.2 Å². The van der Waals surface area contributed by atoms with Crippen LogP contribution in [0.1, 0.15) is 40.0 Å². The molecule has 1 fully saturated rings. The van der Waals surface area contributed by atoms with Gasteiger partial charge in [0.1, 0.15) is 0 Å². The Hall–Kier alpha value is -0.120. The Morgan fingerprint density at radius 2 is 2.06 bits per heavy atom. The van der Waals surface area contributed by atoms with Crippen LogP contribution in [0, 0.1) is 5.41 Å². The quantitative estimate of drug-likeness (QED) is 0.748. The van der Waals surface area contributed by atoms with Crippen molar-refractivity contribution < 1.29 is 5.11 Å². The highest BCUT2D eigenvalue weighted by molar-refractivity contribution is 4.92. The van der Waals surface area contributed by atoms with Gasteiger partial charge < -0.3 is 15.3 Å². The van der Waals surface area contributed by atoms with Gasteiger partial charge in [0.2, 0.25) is 0 Å². The predicted octanol–water partition coefficient (Wildman–Crippen LogP) is 1.47. The first-order chi connectivity index (χ1) is 7.23. The molecule has 2 unspecified atom stereocenters. The lowest BCUT2D eigenvalue weighted by Crippen LogP contribution is -2.50. The zero-order valence-corrected chi connectivity index (χ0v) is 11.5. The van der Waals surface area contributed by atoms with Gasteiger partial charge in [-0.25, -0.2) is 0 Å². The third-order valence-corrected chi connectivity index (χ3v) is 3.64. The molecule has 3 nitrogen and oxygen atoms in total. The van der Waals surface area contributed by atoms with Crippen molar-refractivity contribution in [2.24, 2.45) is 5.41 Å². The molecule has 1 aliphatic rings. The third kappa shape index (κ3) is 4.04. The zero-order chi connectivity index (χ0) is 12.4. The lowest BCUT2D eigenvalue weighted by molar-refractivity contribution is 0.0282. The number of likely N-dealkylation sites (N-methyl/N-ethyl adjacent to an activating group) is 1. The summed E-state index contributed by atoms with van der Waals surface area (Å²) in [6.07, 6.45) is 3.84. The Bertz CT molecular complexity index is 224. The highest BCUT2D eigenvalue weighted by Gasteiger charge is 2.35. The maximum absolute atomic E-state index is 10.2. The van der Waals surface area contributed by atoms with E-state index in [0.717, 1.165) is 0 Å². The third-order valence-electron chi connectivity index (χ3n) is 3.64. The molecule has 1 aliphatic carbocycles. The van der Waals surface area contributed by atoms with E-state index in [0.29, 0.717) is 24.5 Å². The Balaban J connectivity index is 2.39. The molecule has 0 aromatic rings. The molecule has 96 valence electrons. The van der Waals surface area contributed by atoms with Crippen LogP contribution >= 0.6 is 0 Å². The van der Waals surface area contributed by atoms with Crippen LogP contribution in [0.15, 0.2) is 0 Å². The maximum atomic E-state index is 10.2. The number of aliphatic hydroxyl groups is 1. The summed E-state index contributed by atoms with van der Waals surface area (Å²) in [6.45, 7) is 7.92. The van der Waals surface area contributed by atoms with E-state index >= 15 is 0 Å². The van der Waals surface area contributed by atoms with Crippen LogP contribution < -0.4 is 5.32 Å². The maximum Gasteiger partial charge on any atom is 0.0869 e.